The SMILES string of the molecule is CCN(Cc1ccccc1)Cc1csc(CC(=O)Nc2ccc(C)cc2)n1. The Bertz CT molecular complexity index is 859. The lowest BCUT2D eigenvalue weighted by Gasteiger charge is -2.19. The molecule has 0 radical (unpaired) electrons. The minimum absolute atomic E-state index is 0.0311. The molecule has 4 nitrogen and oxygen atoms in total. The lowest BCUT2D eigenvalue weighted by molar-refractivity contribution is -0.115. The molecule has 1 heterocycles. The Balaban J connectivity index is 1.54. The molecular weight excluding hydrogens is 354 g/mol. The van der Waals surface area contributed by atoms with E-state index >= 15 is 0 Å². The van der Waals surface area contributed by atoms with Crippen LogP contribution < -0.4 is 5.32 Å². The Hall–Kier alpha value is -2.50. The maximum atomic E-state index is 12.2. The van der Waals surface area contributed by atoms with Crippen molar-refractivity contribution in [3.8, 4) is 0 Å². The number of aromatic nitrogens is 1. The normalized spacial score (nSPS) is 10.9. The number of benzene rings is 2. The molecule has 0 aliphatic rings. The molecule has 1 N–H and O–H groups in total. The fourth-order valence-corrected chi connectivity index (χ4v) is 3.62. The van der Waals surface area contributed by atoms with Crippen LogP contribution in [0.25, 0.3) is 0 Å². The van der Waals surface area contributed by atoms with Crippen molar-refractivity contribution in [1.82, 2.24) is 9.88 Å². The molecule has 0 fully saturated rings. The van der Waals surface area contributed by atoms with Gasteiger partial charge in [0.15, 0.2) is 0 Å². The zero-order chi connectivity index (χ0) is 19.1. The molecule has 0 spiro atoms. The van der Waals surface area contributed by atoms with Crippen LogP contribution in [0.1, 0.15) is 28.8 Å². The van der Waals surface area contributed by atoms with E-state index in [1.165, 1.54) is 11.1 Å². The van der Waals surface area contributed by atoms with Crippen LogP contribution in [0.3, 0.4) is 0 Å². The Morgan fingerprint density at radius 3 is 2.52 bits per heavy atom. The van der Waals surface area contributed by atoms with Crippen LogP contribution in [0.4, 0.5) is 5.69 Å². The van der Waals surface area contributed by atoms with E-state index < -0.39 is 0 Å². The van der Waals surface area contributed by atoms with E-state index in [0.717, 1.165) is 36.0 Å². The number of aryl methyl sites for hydroxylation is 1. The number of hydrogen-bond donors (Lipinski definition) is 1. The Labute approximate surface area is 164 Å². The molecule has 1 aromatic heterocycles. The molecule has 0 saturated heterocycles. The van der Waals surface area contributed by atoms with Crippen LogP contribution in [0, 0.1) is 6.92 Å². The van der Waals surface area contributed by atoms with E-state index in [4.69, 9.17) is 0 Å². The fourth-order valence-electron chi connectivity index (χ4n) is 2.83. The molecule has 5 heteroatoms. The molecule has 2 aromatic carbocycles. The van der Waals surface area contributed by atoms with Crippen molar-refractivity contribution in [2.75, 3.05) is 11.9 Å². The average molecular weight is 380 g/mol. The van der Waals surface area contributed by atoms with Crippen molar-refractivity contribution in [2.24, 2.45) is 0 Å². The Morgan fingerprint density at radius 1 is 1.07 bits per heavy atom. The lowest BCUT2D eigenvalue weighted by Crippen LogP contribution is -2.22. The van der Waals surface area contributed by atoms with Gasteiger partial charge in [0.05, 0.1) is 12.1 Å². The first-order valence-corrected chi connectivity index (χ1v) is 10.1. The second-order valence-electron chi connectivity index (χ2n) is 6.61. The molecule has 27 heavy (non-hydrogen) atoms. The monoisotopic (exact) mass is 379 g/mol. The third kappa shape index (κ3) is 6.01. The fraction of sp³-hybridized carbons (Fsp3) is 0.273. The van der Waals surface area contributed by atoms with E-state index in [2.05, 4.69) is 51.8 Å². The minimum Gasteiger partial charge on any atom is -0.326 e. The summed E-state index contributed by atoms with van der Waals surface area (Å²) in [6.07, 6.45) is 0.309. The molecule has 0 saturated carbocycles. The van der Waals surface area contributed by atoms with Gasteiger partial charge in [0.1, 0.15) is 5.01 Å². The zero-order valence-corrected chi connectivity index (χ0v) is 16.6. The van der Waals surface area contributed by atoms with Gasteiger partial charge in [0.2, 0.25) is 5.91 Å². The molecule has 3 rings (SSSR count). The second-order valence-corrected chi connectivity index (χ2v) is 7.56. The molecule has 0 aliphatic carbocycles. The van der Waals surface area contributed by atoms with E-state index in [1.54, 1.807) is 11.3 Å². The lowest BCUT2D eigenvalue weighted by atomic mass is 10.2. The number of amides is 1. The van der Waals surface area contributed by atoms with Gasteiger partial charge in [-0.25, -0.2) is 4.98 Å². The number of nitrogens with one attached hydrogen (secondary N) is 1. The summed E-state index contributed by atoms with van der Waals surface area (Å²) in [6, 6.07) is 18.3. The van der Waals surface area contributed by atoms with Gasteiger partial charge in [-0.2, -0.15) is 0 Å². The van der Waals surface area contributed by atoms with Gasteiger partial charge in [0, 0.05) is 24.2 Å². The molecule has 0 aliphatic heterocycles. The summed E-state index contributed by atoms with van der Waals surface area (Å²) in [6.45, 7) is 6.83. The van der Waals surface area contributed by atoms with Crippen molar-refractivity contribution in [1.29, 1.82) is 0 Å². The van der Waals surface area contributed by atoms with Crippen LogP contribution in [0.5, 0.6) is 0 Å². The van der Waals surface area contributed by atoms with Crippen LogP contribution in [0.2, 0.25) is 0 Å². The van der Waals surface area contributed by atoms with Crippen molar-refractivity contribution in [2.45, 2.75) is 33.4 Å². The highest BCUT2D eigenvalue weighted by Gasteiger charge is 2.11. The predicted octanol–water partition coefficient (Wildman–Crippen LogP) is 4.65. The zero-order valence-electron chi connectivity index (χ0n) is 15.8. The number of carbonyl (C=O) groups is 1. The van der Waals surface area contributed by atoms with Crippen molar-refractivity contribution in [3.63, 3.8) is 0 Å². The average Bonchev–Trinajstić information content (AvgIpc) is 3.10. The second kappa shape index (κ2) is 9.44. The van der Waals surface area contributed by atoms with E-state index in [1.807, 2.05) is 37.3 Å². The molecule has 1 amide bonds. The first kappa shape index (κ1) is 19.3. The number of anilines is 1. The summed E-state index contributed by atoms with van der Waals surface area (Å²) in [5, 5.41) is 5.84. The van der Waals surface area contributed by atoms with Crippen LogP contribution in [0.15, 0.2) is 60.0 Å². The van der Waals surface area contributed by atoms with Gasteiger partial charge in [-0.05, 0) is 31.2 Å². The largest absolute Gasteiger partial charge is 0.326 e. The molecule has 3 aromatic rings. The van der Waals surface area contributed by atoms with Gasteiger partial charge >= 0.3 is 0 Å². The summed E-state index contributed by atoms with van der Waals surface area (Å²) in [5.41, 5.74) is 4.32. The van der Waals surface area contributed by atoms with Crippen LogP contribution in [-0.2, 0) is 24.3 Å². The maximum absolute atomic E-state index is 12.2. The van der Waals surface area contributed by atoms with E-state index in [-0.39, 0.29) is 5.91 Å². The highest BCUT2D eigenvalue weighted by Crippen LogP contribution is 2.15. The summed E-state index contributed by atoms with van der Waals surface area (Å²) in [7, 11) is 0. The van der Waals surface area contributed by atoms with E-state index in [9.17, 15) is 4.79 Å². The smallest absolute Gasteiger partial charge is 0.231 e. The minimum atomic E-state index is -0.0311. The van der Waals surface area contributed by atoms with Gasteiger partial charge in [0.25, 0.3) is 0 Å². The topological polar surface area (TPSA) is 45.2 Å². The highest BCUT2D eigenvalue weighted by atomic mass is 32.1. The number of rotatable bonds is 8. The van der Waals surface area contributed by atoms with E-state index in [0.29, 0.717) is 6.42 Å². The molecule has 0 unspecified atom stereocenters. The highest BCUT2D eigenvalue weighted by molar-refractivity contribution is 7.09. The third-order valence-corrected chi connectivity index (χ3v) is 5.23. The van der Waals surface area contributed by atoms with Gasteiger partial charge in [-0.3, -0.25) is 9.69 Å². The van der Waals surface area contributed by atoms with Crippen LogP contribution >= 0.6 is 11.3 Å². The molecule has 0 atom stereocenters. The van der Waals surface area contributed by atoms with Crippen molar-refractivity contribution in [3.05, 3.63) is 81.8 Å². The maximum Gasteiger partial charge on any atom is 0.231 e. The first-order valence-electron chi connectivity index (χ1n) is 9.18. The number of thiazole rings is 1. The summed E-state index contributed by atoms with van der Waals surface area (Å²) >= 11 is 1.55. The number of carbonyl (C=O) groups excluding carboxylic acids is 1. The van der Waals surface area contributed by atoms with Crippen molar-refractivity contribution < 1.29 is 4.79 Å². The molecule has 140 valence electrons. The summed E-state index contributed by atoms with van der Waals surface area (Å²) < 4.78 is 0. The number of nitrogens with zero attached hydrogens (tertiary/aromatic N) is 2. The van der Waals surface area contributed by atoms with Gasteiger partial charge < -0.3 is 5.32 Å². The molecular formula is C22H25N3OS. The predicted molar refractivity (Wildman–Crippen MR) is 112 cm³/mol. The quantitative estimate of drug-likeness (QED) is 0.619. The molecule has 0 bridgehead atoms. The van der Waals surface area contributed by atoms with Gasteiger partial charge in [-0.15, -0.1) is 11.3 Å². The third-order valence-electron chi connectivity index (χ3n) is 4.33. The standard InChI is InChI=1S/C22H25N3OS/c1-3-25(14-18-7-5-4-6-8-18)15-20-16-27-22(24-20)13-21(26)23-19-11-9-17(2)10-12-19/h4-12,16H,3,13-15H2,1-2H3,(H,23,26). The van der Waals surface area contributed by atoms with Crippen LogP contribution in [-0.4, -0.2) is 22.3 Å². The summed E-state index contributed by atoms with van der Waals surface area (Å²) in [5.74, 6) is -0.0311. The first-order chi connectivity index (χ1) is 13.1. The Kier molecular flexibility index (Phi) is 6.74. The Morgan fingerprint density at radius 2 is 1.81 bits per heavy atom. The number of hydrogen-bond acceptors (Lipinski definition) is 4. The van der Waals surface area contributed by atoms with Gasteiger partial charge in [-0.1, -0.05) is 55.0 Å². The van der Waals surface area contributed by atoms with Crippen molar-refractivity contribution >= 4 is 22.9 Å². The summed E-state index contributed by atoms with van der Waals surface area (Å²) in [4.78, 5) is 19.2.